The molecule has 1 saturated heterocycles. The Hall–Kier alpha value is -2.84. The van der Waals surface area contributed by atoms with Gasteiger partial charge in [-0.2, -0.15) is 0 Å². The standard InChI is InChI=1S/C23H26N4O3S/c1-16-9-11-17(12-10-16)27-22(19-7-3-4-8-20(19)29-2)25-26-23(27)31-15-21(28)24-14-18-6-5-13-30-18/h3-4,7-12,18H,5-6,13-15H2,1-2H3,(H,24,28). The van der Waals surface area contributed by atoms with Crippen LogP contribution in [-0.4, -0.2) is 52.8 Å². The predicted octanol–water partition coefficient (Wildman–Crippen LogP) is 3.64. The molecule has 7 nitrogen and oxygen atoms in total. The van der Waals surface area contributed by atoms with E-state index in [1.807, 2.05) is 60.0 Å². The number of aromatic nitrogens is 3. The molecule has 0 aliphatic carbocycles. The highest BCUT2D eigenvalue weighted by atomic mass is 32.2. The summed E-state index contributed by atoms with van der Waals surface area (Å²) in [6, 6.07) is 15.9. The first-order valence-electron chi connectivity index (χ1n) is 10.3. The number of nitrogens with one attached hydrogen (secondary N) is 1. The molecule has 1 atom stereocenters. The van der Waals surface area contributed by atoms with Gasteiger partial charge in [0.05, 0.1) is 24.5 Å². The average molecular weight is 439 g/mol. The topological polar surface area (TPSA) is 78.3 Å². The lowest BCUT2D eigenvalue weighted by atomic mass is 10.1. The third-order valence-electron chi connectivity index (χ3n) is 5.16. The number of ether oxygens (including phenoxy) is 2. The molecular weight excluding hydrogens is 412 g/mol. The number of hydrogen-bond donors (Lipinski definition) is 1. The fourth-order valence-corrected chi connectivity index (χ4v) is 4.29. The molecule has 1 aromatic heterocycles. The van der Waals surface area contributed by atoms with Gasteiger partial charge < -0.3 is 14.8 Å². The van der Waals surface area contributed by atoms with Crippen LogP contribution in [0.5, 0.6) is 5.75 Å². The first kappa shape index (κ1) is 21.4. The molecule has 8 heteroatoms. The van der Waals surface area contributed by atoms with Crippen LogP contribution in [0.25, 0.3) is 17.1 Å². The van der Waals surface area contributed by atoms with E-state index in [0.29, 0.717) is 23.3 Å². The quantitative estimate of drug-likeness (QED) is 0.541. The van der Waals surface area contributed by atoms with Gasteiger partial charge in [-0.1, -0.05) is 41.6 Å². The molecule has 4 rings (SSSR count). The molecule has 1 amide bonds. The van der Waals surface area contributed by atoms with Gasteiger partial charge in [-0.3, -0.25) is 9.36 Å². The van der Waals surface area contributed by atoms with Crippen LogP contribution in [0.3, 0.4) is 0 Å². The van der Waals surface area contributed by atoms with Gasteiger partial charge in [0.25, 0.3) is 0 Å². The summed E-state index contributed by atoms with van der Waals surface area (Å²) in [4.78, 5) is 12.4. The minimum atomic E-state index is -0.0437. The van der Waals surface area contributed by atoms with E-state index < -0.39 is 0 Å². The molecule has 3 aromatic rings. The van der Waals surface area contributed by atoms with E-state index in [0.717, 1.165) is 30.7 Å². The molecule has 2 heterocycles. The van der Waals surface area contributed by atoms with Crippen molar-refractivity contribution in [1.82, 2.24) is 20.1 Å². The maximum Gasteiger partial charge on any atom is 0.230 e. The van der Waals surface area contributed by atoms with Crippen molar-refractivity contribution in [2.45, 2.75) is 31.0 Å². The van der Waals surface area contributed by atoms with Gasteiger partial charge in [0.15, 0.2) is 11.0 Å². The Balaban J connectivity index is 1.58. The Morgan fingerprint density at radius 1 is 1.23 bits per heavy atom. The van der Waals surface area contributed by atoms with Crippen molar-refractivity contribution >= 4 is 17.7 Å². The summed E-state index contributed by atoms with van der Waals surface area (Å²) in [5, 5.41) is 12.4. The second kappa shape index (κ2) is 9.98. The number of methoxy groups -OCH3 is 1. The van der Waals surface area contributed by atoms with Gasteiger partial charge in [0.1, 0.15) is 5.75 Å². The van der Waals surface area contributed by atoms with Crippen molar-refractivity contribution in [2.75, 3.05) is 26.0 Å². The number of aryl methyl sites for hydroxylation is 1. The van der Waals surface area contributed by atoms with Crippen LogP contribution in [0.15, 0.2) is 53.7 Å². The number of nitrogens with zero attached hydrogens (tertiary/aromatic N) is 3. The highest BCUT2D eigenvalue weighted by molar-refractivity contribution is 7.99. The van der Waals surface area contributed by atoms with Crippen LogP contribution < -0.4 is 10.1 Å². The van der Waals surface area contributed by atoms with E-state index in [1.165, 1.54) is 17.3 Å². The highest BCUT2D eigenvalue weighted by Crippen LogP contribution is 2.33. The third-order valence-corrected chi connectivity index (χ3v) is 6.09. The number of rotatable bonds is 8. The maximum atomic E-state index is 12.4. The molecule has 0 radical (unpaired) electrons. The summed E-state index contributed by atoms with van der Waals surface area (Å²) in [5.74, 6) is 1.60. The van der Waals surface area contributed by atoms with E-state index in [-0.39, 0.29) is 17.8 Å². The first-order valence-corrected chi connectivity index (χ1v) is 11.3. The average Bonchev–Trinajstić information content (AvgIpc) is 3.47. The number of para-hydroxylation sites is 1. The smallest absolute Gasteiger partial charge is 0.230 e. The number of hydrogen-bond acceptors (Lipinski definition) is 6. The Morgan fingerprint density at radius 3 is 2.77 bits per heavy atom. The fourth-order valence-electron chi connectivity index (χ4n) is 3.51. The third kappa shape index (κ3) is 5.08. The van der Waals surface area contributed by atoms with Crippen LogP contribution >= 0.6 is 11.8 Å². The monoisotopic (exact) mass is 438 g/mol. The molecule has 0 spiro atoms. The summed E-state index contributed by atoms with van der Waals surface area (Å²) < 4.78 is 13.1. The van der Waals surface area contributed by atoms with Gasteiger partial charge in [0.2, 0.25) is 5.91 Å². The van der Waals surface area contributed by atoms with E-state index in [4.69, 9.17) is 9.47 Å². The maximum absolute atomic E-state index is 12.4. The molecule has 0 saturated carbocycles. The van der Waals surface area contributed by atoms with Crippen LogP contribution in [-0.2, 0) is 9.53 Å². The normalized spacial score (nSPS) is 15.7. The highest BCUT2D eigenvalue weighted by Gasteiger charge is 2.20. The number of carbonyl (C=O) groups is 1. The van der Waals surface area contributed by atoms with Crippen molar-refractivity contribution in [1.29, 1.82) is 0 Å². The molecule has 0 bridgehead atoms. The Kier molecular flexibility index (Phi) is 6.89. The first-order chi connectivity index (χ1) is 15.2. The number of thioether (sulfide) groups is 1. The van der Waals surface area contributed by atoms with Crippen molar-refractivity contribution in [3.63, 3.8) is 0 Å². The van der Waals surface area contributed by atoms with Crippen LogP contribution in [0.1, 0.15) is 18.4 Å². The molecule has 2 aromatic carbocycles. The number of benzene rings is 2. The van der Waals surface area contributed by atoms with E-state index in [1.54, 1.807) is 7.11 Å². The van der Waals surface area contributed by atoms with Gasteiger partial charge >= 0.3 is 0 Å². The second-order valence-electron chi connectivity index (χ2n) is 7.41. The molecule has 31 heavy (non-hydrogen) atoms. The van der Waals surface area contributed by atoms with Gasteiger partial charge in [-0.15, -0.1) is 10.2 Å². The summed E-state index contributed by atoms with van der Waals surface area (Å²) in [7, 11) is 1.64. The van der Waals surface area contributed by atoms with Gasteiger partial charge in [0, 0.05) is 18.8 Å². The van der Waals surface area contributed by atoms with Gasteiger partial charge in [-0.05, 0) is 44.0 Å². The predicted molar refractivity (Wildman–Crippen MR) is 121 cm³/mol. The number of carbonyl (C=O) groups excluding carboxylic acids is 1. The van der Waals surface area contributed by atoms with Crippen LogP contribution in [0.2, 0.25) is 0 Å². The molecule has 1 aliphatic heterocycles. The van der Waals surface area contributed by atoms with E-state index >= 15 is 0 Å². The fraction of sp³-hybridized carbons (Fsp3) is 0.348. The molecule has 1 fully saturated rings. The van der Waals surface area contributed by atoms with Crippen molar-refractivity contribution in [2.24, 2.45) is 0 Å². The minimum Gasteiger partial charge on any atom is -0.496 e. The SMILES string of the molecule is COc1ccccc1-c1nnc(SCC(=O)NCC2CCCO2)n1-c1ccc(C)cc1. The Labute approximate surface area is 186 Å². The summed E-state index contributed by atoms with van der Waals surface area (Å²) in [6.45, 7) is 3.38. The van der Waals surface area contributed by atoms with E-state index in [2.05, 4.69) is 15.5 Å². The van der Waals surface area contributed by atoms with Gasteiger partial charge in [-0.25, -0.2) is 0 Å². The zero-order chi connectivity index (χ0) is 21.6. The lowest BCUT2D eigenvalue weighted by Crippen LogP contribution is -2.32. The summed E-state index contributed by atoms with van der Waals surface area (Å²) in [5.41, 5.74) is 2.94. The molecule has 162 valence electrons. The summed E-state index contributed by atoms with van der Waals surface area (Å²) in [6.07, 6.45) is 2.18. The lowest BCUT2D eigenvalue weighted by Gasteiger charge is -2.13. The minimum absolute atomic E-state index is 0.0437. The van der Waals surface area contributed by atoms with Crippen LogP contribution in [0, 0.1) is 6.92 Å². The Morgan fingerprint density at radius 2 is 2.03 bits per heavy atom. The number of amides is 1. The van der Waals surface area contributed by atoms with Crippen molar-refractivity contribution < 1.29 is 14.3 Å². The largest absolute Gasteiger partial charge is 0.496 e. The van der Waals surface area contributed by atoms with Crippen LogP contribution in [0.4, 0.5) is 0 Å². The molecular formula is C23H26N4O3S. The zero-order valence-electron chi connectivity index (χ0n) is 17.7. The van der Waals surface area contributed by atoms with E-state index in [9.17, 15) is 4.79 Å². The zero-order valence-corrected chi connectivity index (χ0v) is 18.5. The molecule has 1 aliphatic rings. The Bertz CT molecular complexity index is 1030. The summed E-state index contributed by atoms with van der Waals surface area (Å²) >= 11 is 1.36. The lowest BCUT2D eigenvalue weighted by molar-refractivity contribution is -0.119. The molecule has 1 unspecified atom stereocenters. The van der Waals surface area contributed by atoms with Crippen molar-refractivity contribution in [3.05, 3.63) is 54.1 Å². The molecule has 1 N–H and O–H groups in total. The van der Waals surface area contributed by atoms with Crippen molar-refractivity contribution in [3.8, 4) is 22.8 Å². The second-order valence-corrected chi connectivity index (χ2v) is 8.35.